The Labute approximate surface area is 156 Å². The third-order valence-electron chi connectivity index (χ3n) is 5.40. The van der Waals surface area contributed by atoms with Crippen molar-refractivity contribution in [3.05, 3.63) is 35.6 Å². The first kappa shape index (κ1) is 19.1. The molecule has 1 aliphatic carbocycles. The van der Waals surface area contributed by atoms with E-state index in [4.69, 9.17) is 4.74 Å². The Balaban J connectivity index is 1.51. The van der Waals surface area contributed by atoms with Crippen LogP contribution < -0.4 is 10.6 Å². The van der Waals surface area contributed by atoms with E-state index in [1.54, 1.807) is 13.1 Å². The van der Waals surface area contributed by atoms with Crippen molar-refractivity contribution >= 4 is 5.96 Å². The van der Waals surface area contributed by atoms with Crippen molar-refractivity contribution in [1.82, 2.24) is 15.5 Å². The highest BCUT2D eigenvalue weighted by atomic mass is 19.1. The Bertz CT molecular complexity index is 616. The summed E-state index contributed by atoms with van der Waals surface area (Å²) in [5.41, 5.74) is 0.800. The summed E-state index contributed by atoms with van der Waals surface area (Å²) in [6.07, 6.45) is 0.943. The molecule has 0 spiro atoms. The lowest BCUT2D eigenvalue weighted by Gasteiger charge is -2.37. The number of hydrogen-bond acceptors (Lipinski definition) is 3. The normalized spacial score (nSPS) is 25.2. The van der Waals surface area contributed by atoms with E-state index in [0.29, 0.717) is 12.0 Å². The molecule has 3 unspecified atom stereocenters. The van der Waals surface area contributed by atoms with Crippen LogP contribution in [0.15, 0.2) is 29.3 Å². The molecule has 3 rings (SSSR count). The molecule has 1 heterocycles. The van der Waals surface area contributed by atoms with Gasteiger partial charge in [0.25, 0.3) is 0 Å². The van der Waals surface area contributed by atoms with E-state index in [1.807, 2.05) is 12.1 Å². The minimum atomic E-state index is -0.114. The molecular formula is C20H31FN4O. The van der Waals surface area contributed by atoms with E-state index in [0.717, 1.165) is 50.8 Å². The van der Waals surface area contributed by atoms with Gasteiger partial charge in [-0.15, -0.1) is 0 Å². The molecule has 2 N–H and O–H groups in total. The maximum absolute atomic E-state index is 13.9. The molecule has 1 aromatic rings. The van der Waals surface area contributed by atoms with E-state index in [1.165, 1.54) is 6.07 Å². The monoisotopic (exact) mass is 362 g/mol. The topological polar surface area (TPSA) is 48.9 Å². The Kier molecular flexibility index (Phi) is 6.48. The van der Waals surface area contributed by atoms with Gasteiger partial charge in [-0.2, -0.15) is 0 Å². The lowest BCUT2D eigenvalue weighted by atomic mass is 10.0. The number of nitrogens with one attached hydrogen (secondary N) is 2. The molecule has 5 nitrogen and oxygen atoms in total. The van der Waals surface area contributed by atoms with Gasteiger partial charge in [0.15, 0.2) is 5.96 Å². The number of benzene rings is 1. The van der Waals surface area contributed by atoms with Crippen molar-refractivity contribution < 1.29 is 9.13 Å². The smallest absolute Gasteiger partial charge is 0.191 e. The van der Waals surface area contributed by atoms with Crippen LogP contribution in [0.5, 0.6) is 0 Å². The molecule has 0 aromatic heterocycles. The third-order valence-corrected chi connectivity index (χ3v) is 5.40. The molecule has 144 valence electrons. The second kappa shape index (κ2) is 8.82. The van der Waals surface area contributed by atoms with Crippen LogP contribution in [0, 0.1) is 11.7 Å². The summed E-state index contributed by atoms with van der Waals surface area (Å²) in [5, 5.41) is 6.91. The Hall–Kier alpha value is -1.66. The summed E-state index contributed by atoms with van der Waals surface area (Å²) < 4.78 is 19.4. The van der Waals surface area contributed by atoms with Crippen LogP contribution in [0.1, 0.15) is 31.7 Å². The van der Waals surface area contributed by atoms with Gasteiger partial charge in [0.1, 0.15) is 5.82 Å². The van der Waals surface area contributed by atoms with Gasteiger partial charge in [-0.05, 0) is 24.0 Å². The Morgan fingerprint density at radius 3 is 2.69 bits per heavy atom. The zero-order valence-corrected chi connectivity index (χ0v) is 16.0. The predicted molar refractivity (Wildman–Crippen MR) is 103 cm³/mol. The average molecular weight is 362 g/mol. The largest absolute Gasteiger partial charge is 0.379 e. The molecule has 0 radical (unpaired) electrons. The van der Waals surface area contributed by atoms with Crippen molar-refractivity contribution in [3.63, 3.8) is 0 Å². The van der Waals surface area contributed by atoms with Crippen LogP contribution in [0.25, 0.3) is 0 Å². The first-order chi connectivity index (χ1) is 12.6. The third kappa shape index (κ3) is 4.74. The predicted octanol–water partition coefficient (Wildman–Crippen LogP) is 2.20. The van der Waals surface area contributed by atoms with Gasteiger partial charge in [0.05, 0.1) is 13.2 Å². The molecule has 26 heavy (non-hydrogen) atoms. The second-order valence-electron chi connectivity index (χ2n) is 7.53. The summed E-state index contributed by atoms with van der Waals surface area (Å²) in [4.78, 5) is 6.85. The molecule has 1 saturated heterocycles. The van der Waals surface area contributed by atoms with Crippen LogP contribution in [0.4, 0.5) is 4.39 Å². The second-order valence-corrected chi connectivity index (χ2v) is 7.53. The van der Waals surface area contributed by atoms with Crippen LogP contribution in [0.3, 0.4) is 0 Å². The highest BCUT2D eigenvalue weighted by Gasteiger charge is 2.40. The van der Waals surface area contributed by atoms with Gasteiger partial charge in [0.2, 0.25) is 0 Å². The van der Waals surface area contributed by atoms with Crippen molar-refractivity contribution in [2.75, 3.05) is 39.9 Å². The van der Waals surface area contributed by atoms with E-state index >= 15 is 0 Å². The minimum absolute atomic E-state index is 0.114. The first-order valence-electron chi connectivity index (χ1n) is 9.63. The number of nitrogens with zero attached hydrogens (tertiary/aromatic N) is 2. The Morgan fingerprint density at radius 1 is 1.31 bits per heavy atom. The summed E-state index contributed by atoms with van der Waals surface area (Å²) in [7, 11) is 1.79. The van der Waals surface area contributed by atoms with Gasteiger partial charge >= 0.3 is 0 Å². The maximum Gasteiger partial charge on any atom is 0.191 e. The van der Waals surface area contributed by atoms with Gasteiger partial charge in [-0.1, -0.05) is 32.0 Å². The van der Waals surface area contributed by atoms with E-state index in [2.05, 4.69) is 34.4 Å². The van der Waals surface area contributed by atoms with Crippen LogP contribution in [-0.4, -0.2) is 62.8 Å². The summed E-state index contributed by atoms with van der Waals surface area (Å²) >= 11 is 0. The molecule has 0 bridgehead atoms. The first-order valence-corrected chi connectivity index (χ1v) is 9.63. The molecular weight excluding hydrogens is 331 g/mol. The van der Waals surface area contributed by atoms with Crippen LogP contribution in [-0.2, 0) is 4.74 Å². The maximum atomic E-state index is 13.9. The standard InChI is InChI=1S/C20H31FN4O/c1-14(2)19(25-8-10-26-11-9-25)13-23-20(22-3)24-18-12-16(18)15-6-4-5-7-17(15)21/h4-7,14,16,18-19H,8-13H2,1-3H3,(H2,22,23,24). The van der Waals surface area contributed by atoms with Crippen LogP contribution in [0.2, 0.25) is 0 Å². The zero-order chi connectivity index (χ0) is 18.5. The average Bonchev–Trinajstić information content (AvgIpc) is 3.40. The number of rotatable bonds is 6. The molecule has 6 heteroatoms. The molecule has 2 aliphatic rings. The molecule has 3 atom stereocenters. The quantitative estimate of drug-likeness (QED) is 0.602. The van der Waals surface area contributed by atoms with Gasteiger partial charge in [0, 0.05) is 44.7 Å². The highest BCUT2D eigenvalue weighted by Crippen LogP contribution is 2.41. The van der Waals surface area contributed by atoms with Crippen LogP contribution >= 0.6 is 0 Å². The zero-order valence-electron chi connectivity index (χ0n) is 16.0. The molecule has 2 fully saturated rings. The van der Waals surface area contributed by atoms with Gasteiger partial charge in [-0.25, -0.2) is 4.39 Å². The molecule has 1 saturated carbocycles. The number of morpholine rings is 1. The number of hydrogen-bond donors (Lipinski definition) is 2. The number of halogens is 1. The number of guanidine groups is 1. The lowest BCUT2D eigenvalue weighted by Crippen LogP contribution is -2.52. The lowest BCUT2D eigenvalue weighted by molar-refractivity contribution is 0.00752. The SMILES string of the molecule is CN=C(NCC(C(C)C)N1CCOCC1)NC1CC1c1ccccc1F. The van der Waals surface area contributed by atoms with E-state index < -0.39 is 0 Å². The highest BCUT2D eigenvalue weighted by molar-refractivity contribution is 5.80. The van der Waals surface area contributed by atoms with E-state index in [-0.39, 0.29) is 17.8 Å². The van der Waals surface area contributed by atoms with Crippen molar-refractivity contribution in [3.8, 4) is 0 Å². The van der Waals surface area contributed by atoms with E-state index in [9.17, 15) is 4.39 Å². The fourth-order valence-corrected chi connectivity index (χ4v) is 3.74. The van der Waals surface area contributed by atoms with Gasteiger partial charge in [-0.3, -0.25) is 9.89 Å². The molecule has 0 amide bonds. The summed E-state index contributed by atoms with van der Waals surface area (Å²) in [6, 6.07) is 7.74. The van der Waals surface area contributed by atoms with Crippen molar-refractivity contribution in [1.29, 1.82) is 0 Å². The number of ether oxygens (including phenoxy) is 1. The fourth-order valence-electron chi connectivity index (χ4n) is 3.74. The fraction of sp³-hybridized carbons (Fsp3) is 0.650. The summed E-state index contributed by atoms with van der Waals surface area (Å²) in [5.74, 6) is 1.46. The summed E-state index contributed by atoms with van der Waals surface area (Å²) in [6.45, 7) is 8.93. The molecule has 1 aliphatic heterocycles. The van der Waals surface area contributed by atoms with Crippen molar-refractivity contribution in [2.24, 2.45) is 10.9 Å². The Morgan fingerprint density at radius 2 is 2.04 bits per heavy atom. The molecule has 1 aromatic carbocycles. The van der Waals surface area contributed by atoms with Crippen molar-refractivity contribution in [2.45, 2.75) is 38.3 Å². The minimum Gasteiger partial charge on any atom is -0.379 e. The number of aliphatic imine (C=N–C) groups is 1. The van der Waals surface area contributed by atoms with Gasteiger partial charge < -0.3 is 15.4 Å².